The van der Waals surface area contributed by atoms with Gasteiger partial charge >= 0.3 is 12.0 Å². The number of esters is 1. The summed E-state index contributed by atoms with van der Waals surface area (Å²) in [5.41, 5.74) is 0. The highest BCUT2D eigenvalue weighted by atomic mass is 16.6. The zero-order valence-electron chi connectivity index (χ0n) is 9.06. The molecule has 0 N–H and O–H groups in total. The van der Waals surface area contributed by atoms with E-state index in [0.717, 1.165) is 0 Å². The van der Waals surface area contributed by atoms with Gasteiger partial charge in [-0.1, -0.05) is 13.8 Å². The Morgan fingerprint density at radius 2 is 1.93 bits per heavy atom. The maximum Gasteiger partial charge on any atom is 0.389 e. The Balaban J connectivity index is 4.59. The maximum atomic E-state index is 11.4. The Labute approximate surface area is 87.7 Å². The van der Waals surface area contributed by atoms with E-state index in [1.807, 2.05) is 0 Å². The van der Waals surface area contributed by atoms with Crippen molar-refractivity contribution in [2.45, 2.75) is 33.2 Å². The minimum Gasteiger partial charge on any atom is -0.461 e. The average molecular weight is 217 g/mol. The molecule has 1 atom stereocenters. The van der Waals surface area contributed by atoms with E-state index in [9.17, 15) is 19.7 Å². The molecule has 0 heterocycles. The zero-order valence-corrected chi connectivity index (χ0v) is 9.06. The normalized spacial score (nSPS) is 12.3. The van der Waals surface area contributed by atoms with Crippen molar-refractivity contribution in [3.05, 3.63) is 10.1 Å². The lowest BCUT2D eigenvalue weighted by molar-refractivity contribution is -0.496. The molecule has 0 aromatic heterocycles. The topological polar surface area (TPSA) is 86.5 Å². The molecule has 1 unspecified atom stereocenters. The lowest BCUT2D eigenvalue weighted by atomic mass is 10.0. The third-order valence-corrected chi connectivity index (χ3v) is 1.64. The first-order chi connectivity index (χ1) is 6.90. The van der Waals surface area contributed by atoms with Gasteiger partial charge in [0.25, 0.3) is 0 Å². The predicted octanol–water partition coefficient (Wildman–Crippen LogP) is 0.810. The second-order valence-corrected chi connectivity index (χ2v) is 3.50. The van der Waals surface area contributed by atoms with E-state index in [1.54, 1.807) is 13.8 Å². The van der Waals surface area contributed by atoms with Crippen LogP contribution in [-0.2, 0) is 14.3 Å². The number of ether oxygens (including phenoxy) is 1. The lowest BCUT2D eigenvalue weighted by Crippen LogP contribution is -2.39. The van der Waals surface area contributed by atoms with Gasteiger partial charge in [0.05, 0.1) is 6.61 Å². The molecular weight excluding hydrogens is 202 g/mol. The van der Waals surface area contributed by atoms with E-state index in [1.165, 1.54) is 6.92 Å². The summed E-state index contributed by atoms with van der Waals surface area (Å²) in [5.74, 6) is -1.80. The van der Waals surface area contributed by atoms with Crippen LogP contribution in [0.25, 0.3) is 0 Å². The van der Waals surface area contributed by atoms with Crippen LogP contribution in [0.2, 0.25) is 0 Å². The largest absolute Gasteiger partial charge is 0.461 e. The molecule has 0 saturated heterocycles. The van der Waals surface area contributed by atoms with Gasteiger partial charge in [0.1, 0.15) is 0 Å². The predicted molar refractivity (Wildman–Crippen MR) is 51.9 cm³/mol. The van der Waals surface area contributed by atoms with Crippen LogP contribution in [0, 0.1) is 16.0 Å². The van der Waals surface area contributed by atoms with Crippen molar-refractivity contribution < 1.29 is 19.2 Å². The molecule has 86 valence electrons. The molecule has 0 rings (SSSR count). The monoisotopic (exact) mass is 217 g/mol. The molecule has 0 spiro atoms. The number of hydrogen-bond donors (Lipinski definition) is 0. The number of hydrogen-bond acceptors (Lipinski definition) is 5. The van der Waals surface area contributed by atoms with Crippen LogP contribution in [0.5, 0.6) is 0 Å². The van der Waals surface area contributed by atoms with E-state index >= 15 is 0 Å². The van der Waals surface area contributed by atoms with Crippen LogP contribution < -0.4 is 0 Å². The van der Waals surface area contributed by atoms with Crippen LogP contribution in [-0.4, -0.2) is 29.3 Å². The van der Waals surface area contributed by atoms with Crippen LogP contribution in [0.4, 0.5) is 0 Å². The first-order valence-corrected chi connectivity index (χ1v) is 4.73. The molecular formula is C9H15NO5. The number of ketones is 1. The molecule has 0 aliphatic heterocycles. The van der Waals surface area contributed by atoms with Crippen molar-refractivity contribution in [1.82, 2.24) is 0 Å². The molecule has 0 bridgehead atoms. The molecule has 0 radical (unpaired) electrons. The van der Waals surface area contributed by atoms with Crippen LogP contribution >= 0.6 is 0 Å². The first-order valence-electron chi connectivity index (χ1n) is 4.73. The molecule has 0 aromatic rings. The minimum absolute atomic E-state index is 0.00443. The highest BCUT2D eigenvalue weighted by Crippen LogP contribution is 2.06. The van der Waals surface area contributed by atoms with E-state index in [-0.39, 0.29) is 18.9 Å². The average Bonchev–Trinajstić information content (AvgIpc) is 2.01. The summed E-state index contributed by atoms with van der Waals surface area (Å²) in [4.78, 5) is 32.1. The van der Waals surface area contributed by atoms with E-state index < -0.39 is 22.7 Å². The third kappa shape index (κ3) is 4.53. The summed E-state index contributed by atoms with van der Waals surface area (Å²) < 4.78 is 4.47. The number of carbonyl (C=O) groups excluding carboxylic acids is 2. The first kappa shape index (κ1) is 13.5. The van der Waals surface area contributed by atoms with Crippen molar-refractivity contribution in [2.24, 2.45) is 5.92 Å². The molecule has 0 saturated carbocycles. The SMILES string of the molecule is CCOC(=O)C(C(=O)CC(C)C)[N+](=O)[O-]. The molecule has 0 aliphatic rings. The Bertz CT molecular complexity index is 261. The molecule has 15 heavy (non-hydrogen) atoms. The Morgan fingerprint density at radius 3 is 2.27 bits per heavy atom. The van der Waals surface area contributed by atoms with Gasteiger partial charge in [-0.05, 0) is 12.8 Å². The summed E-state index contributed by atoms with van der Waals surface area (Å²) in [6.07, 6.45) is 0.00443. The third-order valence-electron chi connectivity index (χ3n) is 1.64. The maximum absolute atomic E-state index is 11.4. The van der Waals surface area contributed by atoms with Crippen molar-refractivity contribution in [2.75, 3.05) is 6.61 Å². The summed E-state index contributed by atoms with van der Waals surface area (Å²) >= 11 is 0. The quantitative estimate of drug-likeness (QED) is 0.284. The zero-order chi connectivity index (χ0) is 12.0. The van der Waals surface area contributed by atoms with Crippen molar-refractivity contribution in [3.8, 4) is 0 Å². The van der Waals surface area contributed by atoms with Gasteiger partial charge in [-0.25, -0.2) is 4.79 Å². The van der Waals surface area contributed by atoms with Gasteiger partial charge in [-0.3, -0.25) is 14.9 Å². The van der Waals surface area contributed by atoms with Crippen molar-refractivity contribution >= 4 is 11.8 Å². The molecule has 0 aliphatic carbocycles. The van der Waals surface area contributed by atoms with Gasteiger partial charge in [-0.2, -0.15) is 0 Å². The fraction of sp³-hybridized carbons (Fsp3) is 0.778. The Morgan fingerprint density at radius 1 is 1.40 bits per heavy atom. The van der Waals surface area contributed by atoms with Gasteiger partial charge in [0.15, 0.2) is 0 Å². The standard InChI is InChI=1S/C9H15NO5/c1-4-15-9(12)8(10(13)14)7(11)5-6(2)3/h6,8H,4-5H2,1-3H3. The molecule has 0 aromatic carbocycles. The minimum atomic E-state index is -1.87. The van der Waals surface area contributed by atoms with Gasteiger partial charge in [-0.15, -0.1) is 0 Å². The van der Waals surface area contributed by atoms with E-state index in [2.05, 4.69) is 4.74 Å². The second-order valence-electron chi connectivity index (χ2n) is 3.50. The van der Waals surface area contributed by atoms with Gasteiger partial charge in [0.2, 0.25) is 5.78 Å². The highest BCUT2D eigenvalue weighted by molar-refractivity contribution is 6.01. The Kier molecular flexibility index (Phi) is 5.51. The van der Waals surface area contributed by atoms with Crippen LogP contribution in [0.15, 0.2) is 0 Å². The highest BCUT2D eigenvalue weighted by Gasteiger charge is 2.38. The van der Waals surface area contributed by atoms with Crippen molar-refractivity contribution in [3.63, 3.8) is 0 Å². The molecule has 6 heteroatoms. The van der Waals surface area contributed by atoms with Gasteiger partial charge < -0.3 is 4.74 Å². The van der Waals surface area contributed by atoms with Crippen molar-refractivity contribution in [1.29, 1.82) is 0 Å². The van der Waals surface area contributed by atoms with Crippen LogP contribution in [0.1, 0.15) is 27.2 Å². The summed E-state index contributed by atoms with van der Waals surface area (Å²) in [7, 11) is 0. The summed E-state index contributed by atoms with van der Waals surface area (Å²) in [6, 6.07) is -1.87. The number of Topliss-reactive ketones (excluding diaryl/α,β-unsaturated/α-hetero) is 1. The summed E-state index contributed by atoms with van der Waals surface area (Å²) in [6.45, 7) is 5.06. The van der Waals surface area contributed by atoms with Gasteiger partial charge in [0, 0.05) is 11.3 Å². The Hall–Kier alpha value is -1.46. The van der Waals surface area contributed by atoms with E-state index in [0.29, 0.717) is 0 Å². The lowest BCUT2D eigenvalue weighted by Gasteiger charge is -2.08. The fourth-order valence-electron chi connectivity index (χ4n) is 1.07. The smallest absolute Gasteiger partial charge is 0.389 e. The summed E-state index contributed by atoms with van der Waals surface area (Å²) in [5, 5.41) is 10.5. The number of rotatable bonds is 6. The number of carbonyl (C=O) groups is 2. The molecule has 6 nitrogen and oxygen atoms in total. The number of nitro groups is 1. The van der Waals surface area contributed by atoms with E-state index in [4.69, 9.17) is 0 Å². The fourth-order valence-corrected chi connectivity index (χ4v) is 1.07. The second kappa shape index (κ2) is 6.10. The molecule has 0 amide bonds. The number of nitrogens with zero attached hydrogens (tertiary/aromatic N) is 1. The van der Waals surface area contributed by atoms with Crippen LogP contribution in [0.3, 0.4) is 0 Å². The molecule has 0 fully saturated rings.